The van der Waals surface area contributed by atoms with Gasteiger partial charge in [0.2, 0.25) is 5.91 Å². The van der Waals surface area contributed by atoms with Gasteiger partial charge in [-0.15, -0.1) is 0 Å². The van der Waals surface area contributed by atoms with Crippen molar-refractivity contribution in [2.75, 3.05) is 0 Å². The molecule has 0 aliphatic heterocycles. The van der Waals surface area contributed by atoms with Gasteiger partial charge in [0.05, 0.1) is 11.4 Å². The highest BCUT2D eigenvalue weighted by Crippen LogP contribution is 2.25. The molecule has 3 rings (SSSR count). The van der Waals surface area contributed by atoms with Gasteiger partial charge in [-0.1, -0.05) is 60.7 Å². The molecule has 1 aromatic heterocycles. The van der Waals surface area contributed by atoms with E-state index < -0.39 is 11.8 Å². The first-order chi connectivity index (χ1) is 10.8. The molecule has 0 saturated heterocycles. The zero-order valence-electron chi connectivity index (χ0n) is 11.9. The van der Waals surface area contributed by atoms with Crippen molar-refractivity contribution in [3.8, 4) is 11.3 Å². The van der Waals surface area contributed by atoms with E-state index >= 15 is 0 Å². The minimum absolute atomic E-state index is 0.427. The lowest BCUT2D eigenvalue weighted by Gasteiger charge is -2.14. The van der Waals surface area contributed by atoms with Crippen molar-refractivity contribution in [2.45, 2.75) is 5.92 Å². The maximum Gasteiger partial charge on any atom is 0.231 e. The molecule has 0 radical (unpaired) electrons. The Morgan fingerprint density at radius 3 is 2.18 bits per heavy atom. The summed E-state index contributed by atoms with van der Waals surface area (Å²) < 4.78 is 0. The van der Waals surface area contributed by atoms with Crippen molar-refractivity contribution in [2.24, 2.45) is 5.73 Å². The summed E-state index contributed by atoms with van der Waals surface area (Å²) in [5.74, 6) is -1.00. The van der Waals surface area contributed by atoms with E-state index in [9.17, 15) is 4.79 Å². The van der Waals surface area contributed by atoms with Crippen molar-refractivity contribution >= 4 is 5.91 Å². The fourth-order valence-corrected chi connectivity index (χ4v) is 2.42. The van der Waals surface area contributed by atoms with Crippen molar-refractivity contribution in [1.29, 1.82) is 0 Å². The minimum Gasteiger partial charge on any atom is -0.369 e. The maximum absolute atomic E-state index is 11.9. The number of nitrogens with two attached hydrogens (primary N) is 1. The van der Waals surface area contributed by atoms with Crippen molar-refractivity contribution in [1.82, 2.24) is 9.97 Å². The summed E-state index contributed by atoms with van der Waals surface area (Å²) in [4.78, 5) is 20.4. The first-order valence-electron chi connectivity index (χ1n) is 6.97. The van der Waals surface area contributed by atoms with Crippen LogP contribution in [0.4, 0.5) is 0 Å². The highest BCUT2D eigenvalue weighted by atomic mass is 16.1. The predicted molar refractivity (Wildman–Crippen MR) is 84.9 cm³/mol. The van der Waals surface area contributed by atoms with Gasteiger partial charge in [-0.3, -0.25) is 4.79 Å². The van der Waals surface area contributed by atoms with Crippen molar-refractivity contribution in [3.63, 3.8) is 0 Å². The average Bonchev–Trinajstić information content (AvgIpc) is 2.57. The van der Waals surface area contributed by atoms with Crippen LogP contribution in [-0.2, 0) is 4.79 Å². The van der Waals surface area contributed by atoms with E-state index in [1.807, 2.05) is 66.7 Å². The highest BCUT2D eigenvalue weighted by Gasteiger charge is 2.22. The summed E-state index contributed by atoms with van der Waals surface area (Å²) >= 11 is 0. The third-order valence-corrected chi connectivity index (χ3v) is 3.47. The SMILES string of the molecule is NC(=O)C(c1ccccc1)c1cc(-c2ccccc2)ncn1. The van der Waals surface area contributed by atoms with Gasteiger partial charge in [-0.25, -0.2) is 9.97 Å². The molecule has 4 nitrogen and oxygen atoms in total. The molecular formula is C18H15N3O. The van der Waals surface area contributed by atoms with E-state index in [2.05, 4.69) is 9.97 Å². The number of hydrogen-bond donors (Lipinski definition) is 1. The van der Waals surface area contributed by atoms with Gasteiger partial charge in [0, 0.05) is 5.56 Å². The molecule has 22 heavy (non-hydrogen) atoms. The summed E-state index contributed by atoms with van der Waals surface area (Å²) in [6.07, 6.45) is 1.47. The Kier molecular flexibility index (Phi) is 3.92. The first-order valence-corrected chi connectivity index (χ1v) is 6.97. The molecule has 0 aliphatic rings. The largest absolute Gasteiger partial charge is 0.369 e. The molecule has 3 aromatic rings. The van der Waals surface area contributed by atoms with Gasteiger partial charge in [0.15, 0.2) is 0 Å². The van der Waals surface area contributed by atoms with Crippen LogP contribution in [-0.4, -0.2) is 15.9 Å². The Morgan fingerprint density at radius 2 is 1.55 bits per heavy atom. The lowest BCUT2D eigenvalue weighted by atomic mass is 9.94. The van der Waals surface area contributed by atoms with E-state index in [4.69, 9.17) is 5.73 Å². The zero-order chi connectivity index (χ0) is 15.4. The molecule has 0 aliphatic carbocycles. The average molecular weight is 289 g/mol. The predicted octanol–water partition coefficient (Wildman–Crippen LogP) is 2.76. The van der Waals surface area contributed by atoms with E-state index in [0.29, 0.717) is 5.69 Å². The van der Waals surface area contributed by atoms with E-state index in [-0.39, 0.29) is 0 Å². The minimum atomic E-state index is -0.577. The molecule has 0 bridgehead atoms. The molecule has 2 aromatic carbocycles. The Labute approximate surface area is 128 Å². The summed E-state index contributed by atoms with van der Waals surface area (Å²) in [5.41, 5.74) is 8.77. The number of carbonyl (C=O) groups excluding carboxylic acids is 1. The number of rotatable bonds is 4. The second-order valence-corrected chi connectivity index (χ2v) is 4.94. The third kappa shape index (κ3) is 2.86. The molecule has 4 heteroatoms. The number of nitrogens with zero attached hydrogens (tertiary/aromatic N) is 2. The lowest BCUT2D eigenvalue weighted by molar-refractivity contribution is -0.118. The Bertz CT molecular complexity index is 773. The second kappa shape index (κ2) is 6.18. The quantitative estimate of drug-likeness (QED) is 0.803. The molecule has 108 valence electrons. The summed E-state index contributed by atoms with van der Waals surface area (Å²) in [6, 6.07) is 21.0. The highest BCUT2D eigenvalue weighted by molar-refractivity contribution is 5.85. The Balaban J connectivity index is 2.05. The Morgan fingerprint density at radius 1 is 0.909 bits per heavy atom. The normalized spacial score (nSPS) is 11.8. The molecule has 0 spiro atoms. The molecule has 1 amide bonds. The van der Waals surface area contributed by atoms with Gasteiger partial charge in [-0.05, 0) is 11.6 Å². The van der Waals surface area contributed by atoms with Crippen LogP contribution in [0.1, 0.15) is 17.2 Å². The van der Waals surface area contributed by atoms with Gasteiger partial charge in [0.1, 0.15) is 12.2 Å². The molecule has 1 unspecified atom stereocenters. The van der Waals surface area contributed by atoms with Crippen LogP contribution in [0.3, 0.4) is 0 Å². The number of amides is 1. The van der Waals surface area contributed by atoms with Gasteiger partial charge in [0.25, 0.3) is 0 Å². The topological polar surface area (TPSA) is 68.9 Å². The van der Waals surface area contributed by atoms with Crippen LogP contribution in [0, 0.1) is 0 Å². The van der Waals surface area contributed by atoms with Gasteiger partial charge < -0.3 is 5.73 Å². The third-order valence-electron chi connectivity index (χ3n) is 3.47. The van der Waals surface area contributed by atoms with E-state index in [1.54, 1.807) is 0 Å². The zero-order valence-corrected chi connectivity index (χ0v) is 11.9. The fourth-order valence-electron chi connectivity index (χ4n) is 2.42. The molecule has 1 heterocycles. The number of carbonyl (C=O) groups is 1. The molecule has 1 atom stereocenters. The van der Waals surface area contributed by atoms with Crippen LogP contribution >= 0.6 is 0 Å². The summed E-state index contributed by atoms with van der Waals surface area (Å²) in [6.45, 7) is 0. The van der Waals surface area contributed by atoms with Crippen molar-refractivity contribution < 1.29 is 4.79 Å². The van der Waals surface area contributed by atoms with Gasteiger partial charge >= 0.3 is 0 Å². The second-order valence-electron chi connectivity index (χ2n) is 4.94. The maximum atomic E-state index is 11.9. The number of benzene rings is 2. The molecule has 2 N–H and O–H groups in total. The summed E-state index contributed by atoms with van der Waals surface area (Å²) in [5, 5.41) is 0. The fraction of sp³-hybridized carbons (Fsp3) is 0.0556. The van der Waals surface area contributed by atoms with E-state index in [1.165, 1.54) is 6.33 Å². The van der Waals surface area contributed by atoms with Crippen LogP contribution in [0.2, 0.25) is 0 Å². The van der Waals surface area contributed by atoms with Crippen molar-refractivity contribution in [3.05, 3.63) is 84.3 Å². The number of hydrogen-bond acceptors (Lipinski definition) is 3. The molecule has 0 fully saturated rings. The van der Waals surface area contributed by atoms with Crippen LogP contribution in [0.5, 0.6) is 0 Å². The lowest BCUT2D eigenvalue weighted by Crippen LogP contribution is -2.23. The van der Waals surface area contributed by atoms with Crippen LogP contribution in [0.15, 0.2) is 73.1 Å². The smallest absolute Gasteiger partial charge is 0.231 e. The number of primary amides is 1. The standard InChI is InChI=1S/C18H15N3O/c19-18(22)17(14-9-5-2-6-10-14)16-11-15(20-12-21-16)13-7-3-1-4-8-13/h1-12,17H,(H2,19,22). The monoisotopic (exact) mass is 289 g/mol. The Hall–Kier alpha value is -3.01. The first kappa shape index (κ1) is 13.9. The molecule has 0 saturated carbocycles. The number of aromatic nitrogens is 2. The summed E-state index contributed by atoms with van der Waals surface area (Å²) in [7, 11) is 0. The van der Waals surface area contributed by atoms with Crippen LogP contribution < -0.4 is 5.73 Å². The van der Waals surface area contributed by atoms with E-state index in [0.717, 1.165) is 16.8 Å². The van der Waals surface area contributed by atoms with Gasteiger partial charge in [-0.2, -0.15) is 0 Å². The molecular weight excluding hydrogens is 274 g/mol. The van der Waals surface area contributed by atoms with Crippen LogP contribution in [0.25, 0.3) is 11.3 Å².